The Bertz CT molecular complexity index is 1210. The zero-order valence-electron chi connectivity index (χ0n) is 18.0. The standard InChI is InChI=1S/C26H23N3O3S/c1-18-15-20(11-12-23(18)32-21-9-5-13-27-17-21)28-25(30)22(16-19-7-3-2-4-8-19)29-26(31)24-10-6-14-33-24/h2-15,17,22H,16H2,1H3,(H,28,30)(H,29,31). The van der Waals surface area contributed by atoms with Crippen molar-refractivity contribution in [3.8, 4) is 11.5 Å². The summed E-state index contributed by atoms with van der Waals surface area (Å²) >= 11 is 1.34. The first kappa shape index (κ1) is 22.2. The Morgan fingerprint density at radius 1 is 1.03 bits per heavy atom. The van der Waals surface area contributed by atoms with E-state index in [1.807, 2.05) is 60.8 Å². The fraction of sp³-hybridized carbons (Fsp3) is 0.115. The van der Waals surface area contributed by atoms with Gasteiger partial charge in [-0.25, -0.2) is 0 Å². The summed E-state index contributed by atoms with van der Waals surface area (Å²) in [6, 6.07) is 21.5. The number of rotatable bonds is 8. The minimum absolute atomic E-state index is 0.266. The van der Waals surface area contributed by atoms with Gasteiger partial charge in [-0.2, -0.15) is 0 Å². The van der Waals surface area contributed by atoms with Gasteiger partial charge in [0.15, 0.2) is 0 Å². The molecule has 2 N–H and O–H groups in total. The van der Waals surface area contributed by atoms with Gasteiger partial charge in [-0.1, -0.05) is 36.4 Å². The number of nitrogens with zero attached hydrogens (tertiary/aromatic N) is 1. The predicted octanol–water partition coefficient (Wildman–Crippen LogP) is 5.22. The van der Waals surface area contributed by atoms with E-state index < -0.39 is 6.04 Å². The Kier molecular flexibility index (Phi) is 7.12. The van der Waals surface area contributed by atoms with Gasteiger partial charge in [0.25, 0.3) is 5.91 Å². The van der Waals surface area contributed by atoms with Crippen LogP contribution in [0.25, 0.3) is 0 Å². The molecule has 33 heavy (non-hydrogen) atoms. The highest BCUT2D eigenvalue weighted by atomic mass is 32.1. The molecule has 0 aliphatic carbocycles. The molecule has 0 saturated heterocycles. The van der Waals surface area contributed by atoms with E-state index in [2.05, 4.69) is 15.6 Å². The summed E-state index contributed by atoms with van der Waals surface area (Å²) in [6.45, 7) is 1.90. The Labute approximate surface area is 196 Å². The van der Waals surface area contributed by atoms with Crippen LogP contribution in [0.5, 0.6) is 11.5 Å². The van der Waals surface area contributed by atoms with Crippen LogP contribution in [0.15, 0.2) is 90.6 Å². The van der Waals surface area contributed by atoms with Crippen molar-refractivity contribution in [1.29, 1.82) is 0 Å². The van der Waals surface area contributed by atoms with Gasteiger partial charge in [0, 0.05) is 18.3 Å². The van der Waals surface area contributed by atoms with E-state index in [9.17, 15) is 9.59 Å². The zero-order valence-corrected chi connectivity index (χ0v) is 18.8. The van der Waals surface area contributed by atoms with E-state index in [4.69, 9.17) is 4.74 Å². The summed E-state index contributed by atoms with van der Waals surface area (Å²) in [5.41, 5.74) is 2.44. The maximum atomic E-state index is 13.1. The molecule has 0 bridgehead atoms. The minimum Gasteiger partial charge on any atom is -0.455 e. The number of nitrogens with one attached hydrogen (secondary N) is 2. The van der Waals surface area contributed by atoms with Crippen molar-refractivity contribution in [2.45, 2.75) is 19.4 Å². The number of pyridine rings is 1. The van der Waals surface area contributed by atoms with Crippen LogP contribution < -0.4 is 15.4 Å². The van der Waals surface area contributed by atoms with Crippen molar-refractivity contribution in [2.24, 2.45) is 0 Å². The minimum atomic E-state index is -0.728. The molecule has 0 aliphatic rings. The average Bonchev–Trinajstić information content (AvgIpc) is 3.37. The smallest absolute Gasteiger partial charge is 0.262 e. The fourth-order valence-corrected chi connectivity index (χ4v) is 3.93. The number of carbonyl (C=O) groups excluding carboxylic acids is 2. The van der Waals surface area contributed by atoms with Crippen LogP contribution in [-0.2, 0) is 11.2 Å². The number of carbonyl (C=O) groups is 2. The Morgan fingerprint density at radius 3 is 2.58 bits per heavy atom. The van der Waals surface area contributed by atoms with Crippen molar-refractivity contribution in [2.75, 3.05) is 5.32 Å². The number of aryl methyl sites for hydroxylation is 1. The number of hydrogen-bond acceptors (Lipinski definition) is 5. The summed E-state index contributed by atoms with van der Waals surface area (Å²) in [6.07, 6.45) is 3.70. The molecule has 4 aromatic rings. The average molecular weight is 458 g/mol. The largest absolute Gasteiger partial charge is 0.455 e. The second kappa shape index (κ2) is 10.6. The number of hydrogen-bond donors (Lipinski definition) is 2. The van der Waals surface area contributed by atoms with Gasteiger partial charge in [0.1, 0.15) is 17.5 Å². The fourth-order valence-electron chi connectivity index (χ4n) is 3.30. The first-order valence-electron chi connectivity index (χ1n) is 10.5. The third kappa shape index (κ3) is 6.05. The molecule has 0 aliphatic heterocycles. The van der Waals surface area contributed by atoms with E-state index in [0.29, 0.717) is 28.5 Å². The molecule has 2 aromatic carbocycles. The van der Waals surface area contributed by atoms with Crippen LogP contribution in [0.1, 0.15) is 20.8 Å². The molecule has 7 heteroatoms. The molecular weight excluding hydrogens is 434 g/mol. The van der Waals surface area contributed by atoms with Gasteiger partial charge in [-0.05, 0) is 59.8 Å². The number of ether oxygens (including phenoxy) is 1. The van der Waals surface area contributed by atoms with Crippen molar-refractivity contribution in [1.82, 2.24) is 10.3 Å². The van der Waals surface area contributed by atoms with E-state index in [1.165, 1.54) is 11.3 Å². The second-order valence-corrected chi connectivity index (χ2v) is 8.40. The third-order valence-corrected chi connectivity index (χ3v) is 5.82. The second-order valence-electron chi connectivity index (χ2n) is 7.45. The van der Waals surface area contributed by atoms with Crippen molar-refractivity contribution in [3.05, 3.63) is 107 Å². The Balaban J connectivity index is 1.48. The molecule has 0 fully saturated rings. The number of anilines is 1. The third-order valence-electron chi connectivity index (χ3n) is 4.95. The lowest BCUT2D eigenvalue weighted by molar-refractivity contribution is -0.118. The molecule has 0 spiro atoms. The number of thiophene rings is 1. The number of amides is 2. The normalized spacial score (nSPS) is 11.4. The summed E-state index contributed by atoms with van der Waals surface area (Å²) in [4.78, 5) is 30.4. The highest BCUT2D eigenvalue weighted by Crippen LogP contribution is 2.27. The van der Waals surface area contributed by atoms with Gasteiger partial charge in [-0.15, -0.1) is 11.3 Å². The zero-order chi connectivity index (χ0) is 23.0. The lowest BCUT2D eigenvalue weighted by Crippen LogP contribution is -2.45. The molecule has 4 rings (SSSR count). The maximum Gasteiger partial charge on any atom is 0.262 e. The number of benzene rings is 2. The Morgan fingerprint density at radius 2 is 1.88 bits per heavy atom. The van der Waals surface area contributed by atoms with E-state index >= 15 is 0 Å². The molecule has 166 valence electrons. The van der Waals surface area contributed by atoms with Crippen molar-refractivity contribution in [3.63, 3.8) is 0 Å². The van der Waals surface area contributed by atoms with Gasteiger partial charge in [0.2, 0.25) is 5.91 Å². The van der Waals surface area contributed by atoms with Crippen LogP contribution in [0, 0.1) is 6.92 Å². The SMILES string of the molecule is Cc1cc(NC(=O)C(Cc2ccccc2)NC(=O)c2cccs2)ccc1Oc1cccnc1. The molecule has 0 radical (unpaired) electrons. The topological polar surface area (TPSA) is 80.3 Å². The van der Waals surface area contributed by atoms with Crippen LogP contribution >= 0.6 is 11.3 Å². The van der Waals surface area contributed by atoms with E-state index in [0.717, 1.165) is 11.1 Å². The maximum absolute atomic E-state index is 13.1. The summed E-state index contributed by atoms with van der Waals surface area (Å²) in [7, 11) is 0. The van der Waals surface area contributed by atoms with Crippen molar-refractivity contribution >= 4 is 28.8 Å². The number of aromatic nitrogens is 1. The van der Waals surface area contributed by atoms with Crippen LogP contribution in [0.4, 0.5) is 5.69 Å². The monoisotopic (exact) mass is 457 g/mol. The molecular formula is C26H23N3O3S. The molecule has 2 aromatic heterocycles. The molecule has 2 heterocycles. The van der Waals surface area contributed by atoms with Gasteiger partial charge < -0.3 is 15.4 Å². The van der Waals surface area contributed by atoms with Gasteiger partial charge in [0.05, 0.1) is 11.1 Å². The quantitative estimate of drug-likeness (QED) is 0.380. The van der Waals surface area contributed by atoms with E-state index in [-0.39, 0.29) is 11.8 Å². The summed E-state index contributed by atoms with van der Waals surface area (Å²) < 4.78 is 5.86. The van der Waals surface area contributed by atoms with Gasteiger partial charge in [-0.3, -0.25) is 14.6 Å². The summed E-state index contributed by atoms with van der Waals surface area (Å²) in [5, 5.41) is 7.63. The molecule has 6 nitrogen and oxygen atoms in total. The Hall–Kier alpha value is -3.97. The van der Waals surface area contributed by atoms with Crippen molar-refractivity contribution < 1.29 is 14.3 Å². The van der Waals surface area contributed by atoms with Crippen LogP contribution in [-0.4, -0.2) is 22.8 Å². The lowest BCUT2D eigenvalue weighted by atomic mass is 10.0. The highest BCUT2D eigenvalue weighted by molar-refractivity contribution is 7.12. The lowest BCUT2D eigenvalue weighted by Gasteiger charge is -2.19. The molecule has 0 saturated carbocycles. The predicted molar refractivity (Wildman–Crippen MR) is 130 cm³/mol. The highest BCUT2D eigenvalue weighted by Gasteiger charge is 2.23. The first-order valence-corrected chi connectivity index (χ1v) is 11.3. The molecule has 2 amide bonds. The van der Waals surface area contributed by atoms with Crippen LogP contribution in [0.3, 0.4) is 0 Å². The van der Waals surface area contributed by atoms with Gasteiger partial charge >= 0.3 is 0 Å². The molecule has 1 unspecified atom stereocenters. The van der Waals surface area contributed by atoms with E-state index in [1.54, 1.807) is 36.7 Å². The molecule has 1 atom stereocenters. The first-order chi connectivity index (χ1) is 16.1. The van der Waals surface area contributed by atoms with Crippen LogP contribution in [0.2, 0.25) is 0 Å². The summed E-state index contributed by atoms with van der Waals surface area (Å²) in [5.74, 6) is 0.756.